The second-order valence-corrected chi connectivity index (χ2v) is 17.8. The van der Waals surface area contributed by atoms with Gasteiger partial charge in [0, 0.05) is 37.8 Å². The zero-order valence-corrected chi connectivity index (χ0v) is 33.6. The van der Waals surface area contributed by atoms with Crippen LogP contribution >= 0.6 is 34.0 Å². The van der Waals surface area contributed by atoms with Gasteiger partial charge in [-0.1, -0.05) is 88.5 Å². The van der Waals surface area contributed by atoms with Crippen LogP contribution < -0.4 is 4.74 Å². The number of rotatable bonds is 6. The van der Waals surface area contributed by atoms with Gasteiger partial charge >= 0.3 is 21.1 Å². The van der Waals surface area contributed by atoms with Crippen molar-refractivity contribution in [2.75, 3.05) is 0 Å². The number of hydrogen-bond donors (Lipinski definition) is 0. The van der Waals surface area contributed by atoms with E-state index in [1.165, 1.54) is 50.8 Å². The molecule has 0 N–H and O–H groups in total. The Hall–Kier alpha value is -3.93. The smallest absolute Gasteiger partial charge is 0.460 e. The van der Waals surface area contributed by atoms with Crippen molar-refractivity contribution in [2.24, 2.45) is 5.92 Å². The van der Waals surface area contributed by atoms with Crippen LogP contribution in [-0.2, 0) is 32.9 Å². The minimum atomic E-state index is -0.0981. The molecule has 5 heterocycles. The number of pyridine rings is 2. The van der Waals surface area contributed by atoms with E-state index >= 15 is 0 Å². The van der Waals surface area contributed by atoms with Crippen LogP contribution in [0, 0.1) is 18.1 Å². The molecule has 0 saturated heterocycles. The van der Waals surface area contributed by atoms with E-state index in [0.717, 1.165) is 39.0 Å². The molecule has 4 aromatic carbocycles. The predicted molar refractivity (Wildman–Crippen MR) is 215 cm³/mol. The summed E-state index contributed by atoms with van der Waals surface area (Å²) in [5, 5.41) is 6.37. The van der Waals surface area contributed by atoms with Crippen LogP contribution in [0.25, 0.3) is 72.3 Å². The van der Waals surface area contributed by atoms with Gasteiger partial charge in [0.05, 0.1) is 4.01 Å². The molecule has 0 amide bonds. The summed E-state index contributed by atoms with van der Waals surface area (Å²) in [6.45, 7) is 11.5. The van der Waals surface area contributed by atoms with Crippen molar-refractivity contribution in [1.82, 2.24) is 9.97 Å². The van der Waals surface area contributed by atoms with Gasteiger partial charge in [0.25, 0.3) is 0 Å². The molecule has 0 saturated carbocycles. The molecule has 9 aromatic rings. The van der Waals surface area contributed by atoms with Gasteiger partial charge in [-0.2, -0.15) is 0 Å². The topological polar surface area (TPSA) is 35.0 Å². The summed E-state index contributed by atoms with van der Waals surface area (Å²) in [6, 6.07) is 39.3. The monoisotopic (exact) mass is 897 g/mol. The van der Waals surface area contributed by atoms with Crippen molar-refractivity contribution in [1.29, 1.82) is 0 Å². The Kier molecular flexibility index (Phi) is 8.87. The quantitative estimate of drug-likeness (QED) is 0.156. The van der Waals surface area contributed by atoms with E-state index in [0.29, 0.717) is 17.5 Å². The van der Waals surface area contributed by atoms with Crippen LogP contribution in [0.1, 0.15) is 45.7 Å². The van der Waals surface area contributed by atoms with Crippen molar-refractivity contribution < 1.29 is 25.8 Å². The number of nitrogens with zero attached hydrogens (tertiary/aromatic N) is 2. The third-order valence-electron chi connectivity index (χ3n) is 9.17. The van der Waals surface area contributed by atoms with Gasteiger partial charge in [-0.05, 0) is 73.5 Å². The van der Waals surface area contributed by atoms with E-state index in [9.17, 15) is 0 Å². The van der Waals surface area contributed by atoms with E-state index in [4.69, 9.17) is 9.72 Å². The Balaban J connectivity index is 0.00000374. The minimum Gasteiger partial charge on any atom is -0.460 e. The Morgan fingerprint density at radius 1 is 0.745 bits per heavy atom. The van der Waals surface area contributed by atoms with E-state index in [-0.39, 0.29) is 26.5 Å². The normalized spacial score (nSPS) is 12.1. The molecule has 0 spiro atoms. The molecule has 0 fully saturated rings. The van der Waals surface area contributed by atoms with Gasteiger partial charge in [-0.25, -0.2) is 0 Å². The van der Waals surface area contributed by atoms with Crippen molar-refractivity contribution in [3.63, 3.8) is 0 Å². The molecule has 0 aliphatic heterocycles. The van der Waals surface area contributed by atoms with Gasteiger partial charge < -0.3 is 9.72 Å². The van der Waals surface area contributed by atoms with E-state index in [1.807, 2.05) is 70.4 Å². The van der Waals surface area contributed by atoms with E-state index in [2.05, 4.69) is 106 Å². The van der Waals surface area contributed by atoms with Gasteiger partial charge in [0.15, 0.2) is 0 Å². The second-order valence-electron chi connectivity index (χ2n) is 14.4. The van der Waals surface area contributed by atoms with Crippen LogP contribution in [0.2, 0.25) is 0 Å². The van der Waals surface area contributed by atoms with Crippen LogP contribution in [0.3, 0.4) is 0 Å². The van der Waals surface area contributed by atoms with Crippen LogP contribution in [0.15, 0.2) is 97.2 Å². The predicted octanol–water partition coefficient (Wildman–Crippen LogP) is 13.6. The Morgan fingerprint density at radius 2 is 1.59 bits per heavy atom. The summed E-state index contributed by atoms with van der Waals surface area (Å²) in [7, 11) is 0. The molecule has 0 radical (unpaired) electrons. The number of aromatic nitrogens is 2. The largest absolute Gasteiger partial charge is 2.00 e. The molecule has 254 valence electrons. The first-order valence-electron chi connectivity index (χ1n) is 17.0. The Morgan fingerprint density at radius 3 is 2.39 bits per heavy atom. The second kappa shape index (κ2) is 13.2. The van der Waals surface area contributed by atoms with Crippen molar-refractivity contribution >= 4 is 83.8 Å². The number of thiophene rings is 3. The average Bonchev–Trinajstić information content (AvgIpc) is 3.76. The molecular weight excluding hydrogens is 864 g/mol. The third kappa shape index (κ3) is 6.21. The SMILES string of the molecule is CC(C)Cc1ccc2c(c1)sc1c(-c3[c-]c4sc5sc6ccccc6c5c4c(C(C)(C)C)c3)nc(Oc3[c-]c(-c4ccccn4)ccc3)cc12.[Pt+2]. The summed E-state index contributed by atoms with van der Waals surface area (Å²) in [6.07, 6.45) is 2.85. The Labute approximate surface area is 324 Å². The zero-order chi connectivity index (χ0) is 34.1. The minimum absolute atomic E-state index is 0. The maximum atomic E-state index is 6.57. The van der Waals surface area contributed by atoms with Crippen LogP contribution in [-0.4, -0.2) is 9.97 Å². The Bertz CT molecular complexity index is 2730. The fourth-order valence-electron chi connectivity index (χ4n) is 6.95. The molecule has 9 rings (SSSR count). The number of benzene rings is 4. The molecule has 51 heavy (non-hydrogen) atoms. The van der Waals surface area contributed by atoms with Crippen LogP contribution in [0.5, 0.6) is 11.6 Å². The number of hydrogen-bond acceptors (Lipinski definition) is 6. The standard InChI is InChI=1S/C44H34N2OS3.Pt/c1-25(2)19-26-16-17-30-32-24-38(47-29-12-10-11-27(21-29)34-14-8-9-18-45-34)46-41(42(32)48-36(30)20-26)28-22-33(44(3,4)5)40-37(23-28)50-43-39(40)31-13-6-7-15-35(31)49-43;/h6-18,20,22,24-25H,19H2,1-5H3;/q-2;+2. The molecule has 5 aromatic heterocycles. The van der Waals surface area contributed by atoms with Crippen LogP contribution in [0.4, 0.5) is 0 Å². The summed E-state index contributed by atoms with van der Waals surface area (Å²) in [5.41, 5.74) is 6.20. The summed E-state index contributed by atoms with van der Waals surface area (Å²) in [5.74, 6) is 1.73. The molecule has 0 aliphatic carbocycles. The average molecular weight is 898 g/mol. The first-order valence-corrected chi connectivity index (χ1v) is 19.4. The fourth-order valence-corrected chi connectivity index (χ4v) is 10.8. The van der Waals surface area contributed by atoms with E-state index in [1.54, 1.807) is 6.20 Å². The first kappa shape index (κ1) is 34.2. The maximum absolute atomic E-state index is 6.57. The number of ether oxygens (including phenoxy) is 1. The maximum Gasteiger partial charge on any atom is 2.00 e. The summed E-state index contributed by atoms with van der Waals surface area (Å²) in [4.78, 5) is 9.81. The molecule has 3 nitrogen and oxygen atoms in total. The molecule has 0 aliphatic rings. The van der Waals surface area contributed by atoms with Crippen molar-refractivity contribution in [3.8, 4) is 34.1 Å². The zero-order valence-electron chi connectivity index (χ0n) is 28.9. The summed E-state index contributed by atoms with van der Waals surface area (Å²) >= 11 is 5.54. The van der Waals surface area contributed by atoms with Crippen molar-refractivity contribution in [2.45, 2.75) is 46.5 Å². The van der Waals surface area contributed by atoms with Gasteiger partial charge in [0.1, 0.15) is 0 Å². The molecule has 7 heteroatoms. The van der Waals surface area contributed by atoms with Gasteiger partial charge in [0.2, 0.25) is 5.88 Å². The summed E-state index contributed by atoms with van der Waals surface area (Å²) < 4.78 is 12.8. The molecule has 0 bridgehead atoms. The molecular formula is C44H34N2OPtS3. The third-order valence-corrected chi connectivity index (χ3v) is 12.7. The van der Waals surface area contributed by atoms with Gasteiger partial charge in [-0.3, -0.25) is 4.98 Å². The molecule has 0 unspecified atom stereocenters. The molecule has 0 atom stereocenters. The number of fused-ring (bicyclic) bond motifs is 8. The van der Waals surface area contributed by atoms with E-state index < -0.39 is 0 Å². The fraction of sp³-hybridized carbons (Fsp3) is 0.182. The van der Waals surface area contributed by atoms with Gasteiger partial charge in [-0.15, -0.1) is 81.0 Å². The first-order chi connectivity index (χ1) is 24.2. The van der Waals surface area contributed by atoms with Crippen molar-refractivity contribution in [3.05, 3.63) is 120 Å².